The first-order valence-corrected chi connectivity index (χ1v) is 25.0. The molecule has 11 aromatic rings. The Bertz CT molecular complexity index is 3950. The van der Waals surface area contributed by atoms with Crippen LogP contribution in [0.1, 0.15) is 49.4 Å². The molecule has 0 radical (unpaired) electrons. The van der Waals surface area contributed by atoms with Crippen LogP contribution < -0.4 is 21.3 Å². The molecule has 1 aromatic heterocycles. The highest BCUT2D eigenvalue weighted by molar-refractivity contribution is 7.00. The predicted molar refractivity (Wildman–Crippen MR) is 300 cm³/mol. The van der Waals surface area contributed by atoms with E-state index in [0.29, 0.717) is 0 Å². The van der Waals surface area contributed by atoms with E-state index in [0.717, 1.165) is 18.5 Å². The van der Waals surface area contributed by atoms with Crippen molar-refractivity contribution in [2.75, 3.05) is 4.90 Å². The van der Waals surface area contributed by atoms with Gasteiger partial charge in [-0.2, -0.15) is 0 Å². The number of nitrogens with zero attached hydrogens (tertiary/aromatic N) is 2. The van der Waals surface area contributed by atoms with Crippen molar-refractivity contribution in [3.8, 4) is 50.2 Å². The Labute approximate surface area is 410 Å². The third-order valence-electron chi connectivity index (χ3n) is 15.6. The first-order chi connectivity index (χ1) is 34.3. The van der Waals surface area contributed by atoms with Gasteiger partial charge in [0.05, 0.1) is 11.0 Å². The Morgan fingerprint density at radius 2 is 1.09 bits per heavy atom. The second-order valence-electron chi connectivity index (χ2n) is 20.8. The minimum absolute atomic E-state index is 0.0460. The molecule has 3 heterocycles. The first kappa shape index (κ1) is 40.9. The maximum atomic E-state index is 2.69. The fraction of sp³-hybridized carbons (Fsp3) is 0.104. The molecule has 10 aromatic carbocycles. The van der Waals surface area contributed by atoms with Gasteiger partial charge in [-0.15, -0.1) is 0 Å². The molecule has 0 atom stereocenters. The van der Waals surface area contributed by atoms with Crippen molar-refractivity contribution >= 4 is 78.8 Å². The molecule has 0 amide bonds. The van der Waals surface area contributed by atoms with Crippen LogP contribution in [0.25, 0.3) is 88.8 Å². The summed E-state index contributed by atoms with van der Waals surface area (Å²) in [4.78, 5) is 2.56. The molecule has 2 nitrogen and oxygen atoms in total. The van der Waals surface area contributed by atoms with Gasteiger partial charge in [0.25, 0.3) is 6.71 Å². The van der Waals surface area contributed by atoms with Crippen LogP contribution in [0.4, 0.5) is 17.1 Å². The highest BCUT2D eigenvalue weighted by atomic mass is 15.2. The number of allylic oxidation sites excluding steroid dienone is 1. The SMILES string of the molecule is Cc1cc2c3c(c1)-n1c4cc(C(C)(C)C)ccc4c4c5c(-c6ccccc6)c6c(c(-c7ccccc7)c5cc(c41)B3c1cc(-c3ccccc3)ccc1N2c1ccc(-c2ccccc2)cc1)C=CCC6. The molecular formula is C67H51BN2. The van der Waals surface area contributed by atoms with E-state index in [-0.39, 0.29) is 12.1 Å². The summed E-state index contributed by atoms with van der Waals surface area (Å²) in [5.74, 6) is 0. The van der Waals surface area contributed by atoms with Crippen molar-refractivity contribution in [2.24, 2.45) is 0 Å². The normalized spacial score (nSPS) is 13.5. The minimum atomic E-state index is -0.0507. The second kappa shape index (κ2) is 15.4. The van der Waals surface area contributed by atoms with E-state index in [1.807, 2.05) is 0 Å². The van der Waals surface area contributed by atoms with E-state index < -0.39 is 0 Å². The van der Waals surface area contributed by atoms with Crippen molar-refractivity contribution in [2.45, 2.75) is 46.0 Å². The molecule has 332 valence electrons. The minimum Gasteiger partial charge on any atom is -0.311 e. The Morgan fingerprint density at radius 3 is 1.76 bits per heavy atom. The van der Waals surface area contributed by atoms with E-state index >= 15 is 0 Å². The van der Waals surface area contributed by atoms with Crippen molar-refractivity contribution in [3.63, 3.8) is 0 Å². The molecule has 3 heteroatoms. The number of rotatable bonds is 5. The van der Waals surface area contributed by atoms with Gasteiger partial charge in [-0.05, 0) is 150 Å². The van der Waals surface area contributed by atoms with E-state index in [2.05, 4.69) is 250 Å². The van der Waals surface area contributed by atoms with Crippen molar-refractivity contribution in [1.82, 2.24) is 4.57 Å². The third-order valence-corrected chi connectivity index (χ3v) is 15.6. The molecule has 0 saturated heterocycles. The topological polar surface area (TPSA) is 8.17 Å². The summed E-state index contributed by atoms with van der Waals surface area (Å²) < 4.78 is 2.69. The van der Waals surface area contributed by atoms with Gasteiger partial charge in [0, 0.05) is 38.9 Å². The van der Waals surface area contributed by atoms with E-state index in [4.69, 9.17) is 0 Å². The Balaban J connectivity index is 1.18. The zero-order valence-electron chi connectivity index (χ0n) is 40.1. The Morgan fingerprint density at radius 1 is 0.486 bits per heavy atom. The van der Waals surface area contributed by atoms with Gasteiger partial charge >= 0.3 is 0 Å². The summed E-state index contributed by atoms with van der Waals surface area (Å²) in [5, 5.41) is 5.33. The lowest BCUT2D eigenvalue weighted by Crippen LogP contribution is -2.60. The average molecular weight is 895 g/mol. The maximum absolute atomic E-state index is 2.69. The molecule has 1 aliphatic carbocycles. The summed E-state index contributed by atoms with van der Waals surface area (Å²) in [5.41, 5.74) is 26.9. The molecule has 0 fully saturated rings. The highest BCUT2D eigenvalue weighted by Crippen LogP contribution is 2.51. The largest absolute Gasteiger partial charge is 0.311 e. The molecule has 0 spiro atoms. The quantitative estimate of drug-likeness (QED) is 0.156. The number of fused-ring (bicyclic) bond motifs is 10. The second-order valence-corrected chi connectivity index (χ2v) is 20.8. The molecule has 3 aliphatic rings. The molecule has 14 rings (SSSR count). The molecule has 70 heavy (non-hydrogen) atoms. The van der Waals surface area contributed by atoms with Crippen LogP contribution in [0.15, 0.2) is 206 Å². The van der Waals surface area contributed by atoms with Crippen LogP contribution in [0.5, 0.6) is 0 Å². The van der Waals surface area contributed by atoms with Gasteiger partial charge in [-0.1, -0.05) is 197 Å². The third kappa shape index (κ3) is 6.07. The van der Waals surface area contributed by atoms with E-state index in [9.17, 15) is 0 Å². The lowest BCUT2D eigenvalue weighted by Gasteiger charge is -2.41. The Kier molecular flexibility index (Phi) is 9.02. The lowest BCUT2D eigenvalue weighted by atomic mass is 9.33. The fourth-order valence-electron chi connectivity index (χ4n) is 12.5. The monoisotopic (exact) mass is 894 g/mol. The number of aromatic nitrogens is 1. The average Bonchev–Trinajstić information content (AvgIpc) is 3.75. The zero-order valence-corrected chi connectivity index (χ0v) is 40.1. The summed E-state index contributed by atoms with van der Waals surface area (Å²) in [6, 6.07) is 75.6. The summed E-state index contributed by atoms with van der Waals surface area (Å²) in [7, 11) is 0. The molecule has 0 unspecified atom stereocenters. The number of anilines is 3. The molecule has 0 saturated carbocycles. The van der Waals surface area contributed by atoms with Crippen molar-refractivity contribution in [3.05, 3.63) is 229 Å². The van der Waals surface area contributed by atoms with Crippen LogP contribution in [0.2, 0.25) is 0 Å². The van der Waals surface area contributed by atoms with Crippen LogP contribution in [0, 0.1) is 6.92 Å². The predicted octanol–water partition coefficient (Wildman–Crippen LogP) is 15.8. The summed E-state index contributed by atoms with van der Waals surface area (Å²) >= 11 is 0. The van der Waals surface area contributed by atoms with Crippen LogP contribution in [-0.4, -0.2) is 11.3 Å². The number of benzene rings is 10. The van der Waals surface area contributed by atoms with Gasteiger partial charge in [0.2, 0.25) is 0 Å². The van der Waals surface area contributed by atoms with Crippen molar-refractivity contribution in [1.29, 1.82) is 0 Å². The summed E-state index contributed by atoms with van der Waals surface area (Å²) in [6.45, 7) is 9.28. The standard InChI is InChI=1S/C67H51BN2/c1-42-37-59-65-60(38-42)70-58-40-49(67(2,3)4)32-35-53(58)64-63-54(61(46-23-13-7-14-24-46)51-27-17-18-28-52(51)62(63)47-25-15-8-16-26-47)41-56(66(64)70)68(65)55-39-48(44-21-11-6-12-22-44)31-36-57(55)69(59)50-33-29-45(30-34-50)43-19-9-5-10-20-43/h5-17,19-27,29-41H,18,28H2,1-4H3. The zero-order chi connectivity index (χ0) is 46.8. The van der Waals surface area contributed by atoms with E-state index in [1.54, 1.807) is 0 Å². The molecule has 2 aliphatic heterocycles. The van der Waals surface area contributed by atoms with Crippen LogP contribution >= 0.6 is 0 Å². The highest BCUT2D eigenvalue weighted by Gasteiger charge is 2.43. The first-order valence-electron chi connectivity index (χ1n) is 25.0. The molecular weight excluding hydrogens is 844 g/mol. The van der Waals surface area contributed by atoms with Gasteiger partial charge in [0.15, 0.2) is 0 Å². The lowest BCUT2D eigenvalue weighted by molar-refractivity contribution is 0.591. The number of hydrogen-bond donors (Lipinski definition) is 0. The Hall–Kier alpha value is -8.14. The fourth-order valence-corrected chi connectivity index (χ4v) is 12.5. The molecule has 0 N–H and O–H groups in total. The summed E-state index contributed by atoms with van der Waals surface area (Å²) in [6.07, 6.45) is 6.84. The van der Waals surface area contributed by atoms with Gasteiger partial charge in [-0.25, -0.2) is 0 Å². The smallest absolute Gasteiger partial charge is 0.252 e. The molecule has 0 bridgehead atoms. The maximum Gasteiger partial charge on any atom is 0.252 e. The van der Waals surface area contributed by atoms with Gasteiger partial charge in [0.1, 0.15) is 0 Å². The van der Waals surface area contributed by atoms with E-state index in [1.165, 1.54) is 133 Å². The van der Waals surface area contributed by atoms with Crippen molar-refractivity contribution < 1.29 is 0 Å². The number of hydrogen-bond acceptors (Lipinski definition) is 1. The van der Waals surface area contributed by atoms with Gasteiger partial charge in [-0.3, -0.25) is 0 Å². The number of aryl methyl sites for hydroxylation is 1. The van der Waals surface area contributed by atoms with Crippen LogP contribution in [0.3, 0.4) is 0 Å². The van der Waals surface area contributed by atoms with Crippen LogP contribution in [-0.2, 0) is 11.8 Å². The van der Waals surface area contributed by atoms with Gasteiger partial charge < -0.3 is 9.47 Å².